The SMILES string of the molecule is C[C@](O)(C(=O)Nc1ccc2c(N)noc2c1)[C@@]1(C)OCCN(c2ccn(-c3ccnnc3)n2)C1=O. The predicted octanol–water partition coefficient (Wildman–Crippen LogP) is 0.897. The highest BCUT2D eigenvalue weighted by atomic mass is 16.5. The van der Waals surface area contributed by atoms with Crippen molar-refractivity contribution >= 4 is 40.1 Å². The Hall–Kier alpha value is -4.36. The molecule has 13 heteroatoms. The monoisotopic (exact) mass is 478 g/mol. The zero-order valence-corrected chi connectivity index (χ0v) is 18.9. The van der Waals surface area contributed by atoms with Gasteiger partial charge in [-0.25, -0.2) is 4.68 Å². The summed E-state index contributed by atoms with van der Waals surface area (Å²) in [5.74, 6) is -0.886. The van der Waals surface area contributed by atoms with Crippen LogP contribution in [0, 0.1) is 0 Å². The second kappa shape index (κ2) is 8.14. The molecule has 1 saturated heterocycles. The third kappa shape index (κ3) is 3.66. The average Bonchev–Trinajstić information content (AvgIpc) is 3.48. The van der Waals surface area contributed by atoms with Gasteiger partial charge in [0.15, 0.2) is 28.4 Å². The molecule has 13 nitrogen and oxygen atoms in total. The Morgan fingerprint density at radius 1 is 1.29 bits per heavy atom. The molecule has 4 N–H and O–H groups in total. The zero-order chi connectivity index (χ0) is 24.8. The number of nitrogen functional groups attached to an aromatic ring is 1. The van der Waals surface area contributed by atoms with Crippen LogP contribution in [0.2, 0.25) is 0 Å². The number of aliphatic hydroxyl groups is 1. The van der Waals surface area contributed by atoms with E-state index in [1.807, 2.05) is 0 Å². The van der Waals surface area contributed by atoms with Crippen molar-refractivity contribution in [2.75, 3.05) is 29.1 Å². The van der Waals surface area contributed by atoms with Crippen LogP contribution in [-0.2, 0) is 14.3 Å². The van der Waals surface area contributed by atoms with E-state index >= 15 is 0 Å². The summed E-state index contributed by atoms with van der Waals surface area (Å²) in [6, 6.07) is 8.10. The van der Waals surface area contributed by atoms with Gasteiger partial charge in [0, 0.05) is 24.0 Å². The normalized spacial score (nSPS) is 20.1. The number of aromatic nitrogens is 5. The minimum atomic E-state index is -2.24. The van der Waals surface area contributed by atoms with Gasteiger partial charge in [-0.05, 0) is 32.0 Å². The number of benzene rings is 1. The first kappa shape index (κ1) is 22.4. The van der Waals surface area contributed by atoms with E-state index in [0.29, 0.717) is 28.2 Å². The number of fused-ring (bicyclic) bond motifs is 1. The molecule has 0 spiro atoms. The van der Waals surface area contributed by atoms with Gasteiger partial charge in [0.25, 0.3) is 11.8 Å². The zero-order valence-electron chi connectivity index (χ0n) is 18.9. The number of ether oxygens (including phenoxy) is 1. The minimum Gasteiger partial charge on any atom is -0.380 e. The summed E-state index contributed by atoms with van der Waals surface area (Å²) >= 11 is 0. The van der Waals surface area contributed by atoms with E-state index < -0.39 is 23.0 Å². The lowest BCUT2D eigenvalue weighted by Crippen LogP contribution is -2.69. The maximum absolute atomic E-state index is 13.5. The number of amides is 2. The summed E-state index contributed by atoms with van der Waals surface area (Å²) in [7, 11) is 0. The molecule has 0 aliphatic carbocycles. The number of carbonyl (C=O) groups excluding carboxylic acids is 2. The number of hydrogen-bond acceptors (Lipinski definition) is 10. The molecule has 0 saturated carbocycles. The summed E-state index contributed by atoms with van der Waals surface area (Å²) < 4.78 is 12.4. The molecule has 2 atom stereocenters. The Bertz CT molecular complexity index is 1420. The highest BCUT2D eigenvalue weighted by Gasteiger charge is 2.58. The van der Waals surface area contributed by atoms with Crippen molar-refractivity contribution in [1.82, 2.24) is 25.1 Å². The Labute approximate surface area is 198 Å². The van der Waals surface area contributed by atoms with Gasteiger partial charge in [0.1, 0.15) is 0 Å². The van der Waals surface area contributed by atoms with E-state index in [4.69, 9.17) is 15.0 Å². The van der Waals surface area contributed by atoms with Crippen LogP contribution in [0.25, 0.3) is 16.7 Å². The van der Waals surface area contributed by atoms with Gasteiger partial charge >= 0.3 is 0 Å². The van der Waals surface area contributed by atoms with Gasteiger partial charge in [-0.1, -0.05) is 5.16 Å². The molecule has 4 heterocycles. The summed E-state index contributed by atoms with van der Waals surface area (Å²) in [5.41, 5.74) is 2.94. The fourth-order valence-electron chi connectivity index (χ4n) is 3.85. The maximum atomic E-state index is 13.5. The highest BCUT2D eigenvalue weighted by Crippen LogP contribution is 2.34. The van der Waals surface area contributed by atoms with Gasteiger partial charge < -0.3 is 25.4 Å². The van der Waals surface area contributed by atoms with Crippen LogP contribution in [0.5, 0.6) is 0 Å². The maximum Gasteiger partial charge on any atom is 0.263 e. The number of nitrogens with zero attached hydrogens (tertiary/aromatic N) is 6. The quantitative estimate of drug-likeness (QED) is 0.374. The molecule has 0 unspecified atom stereocenters. The van der Waals surface area contributed by atoms with Crippen molar-refractivity contribution in [1.29, 1.82) is 0 Å². The lowest BCUT2D eigenvalue weighted by atomic mass is 9.82. The number of nitrogens with one attached hydrogen (secondary N) is 1. The van der Waals surface area contributed by atoms with E-state index in [1.54, 1.807) is 35.1 Å². The Morgan fingerprint density at radius 3 is 2.89 bits per heavy atom. The molecule has 180 valence electrons. The number of anilines is 3. The van der Waals surface area contributed by atoms with Crippen LogP contribution in [0.1, 0.15) is 13.8 Å². The topological polar surface area (TPSA) is 175 Å². The molecule has 0 bridgehead atoms. The summed E-state index contributed by atoms with van der Waals surface area (Å²) in [5, 5.41) is 30.1. The standard InChI is InChI=1S/C22H22N8O5/c1-21(33,19(31)26-13-3-4-15-16(11-13)35-28-18(15)23)22(2)20(32)29(9-10-34-22)17-6-8-30(27-17)14-5-7-24-25-12-14/h3-8,11-12,33H,9-10H2,1-2H3,(H2,23,28)(H,26,31)/t21-,22-/m0/s1. The summed E-state index contributed by atoms with van der Waals surface area (Å²) in [6.45, 7) is 2.89. The number of nitrogens with two attached hydrogens (primary N) is 1. The number of morpholine rings is 1. The van der Waals surface area contributed by atoms with Crippen molar-refractivity contribution in [2.24, 2.45) is 0 Å². The van der Waals surface area contributed by atoms with E-state index in [9.17, 15) is 14.7 Å². The fourth-order valence-corrected chi connectivity index (χ4v) is 3.85. The molecule has 1 aromatic carbocycles. The highest BCUT2D eigenvalue weighted by molar-refractivity contribution is 6.08. The lowest BCUT2D eigenvalue weighted by Gasteiger charge is -2.45. The van der Waals surface area contributed by atoms with Crippen molar-refractivity contribution < 1.29 is 24.0 Å². The number of hydrogen-bond donors (Lipinski definition) is 3. The Balaban J connectivity index is 1.38. The second-order valence-electron chi connectivity index (χ2n) is 8.36. The lowest BCUT2D eigenvalue weighted by molar-refractivity contribution is -0.190. The smallest absolute Gasteiger partial charge is 0.263 e. The van der Waals surface area contributed by atoms with Crippen molar-refractivity contribution in [2.45, 2.75) is 25.0 Å². The predicted molar refractivity (Wildman–Crippen MR) is 124 cm³/mol. The molecule has 1 fully saturated rings. The van der Waals surface area contributed by atoms with Crippen LogP contribution >= 0.6 is 0 Å². The number of rotatable bonds is 5. The van der Waals surface area contributed by atoms with Crippen LogP contribution < -0.4 is 16.0 Å². The molecule has 35 heavy (non-hydrogen) atoms. The molecular formula is C22H22N8O5. The van der Waals surface area contributed by atoms with E-state index in [-0.39, 0.29) is 19.0 Å². The third-order valence-corrected chi connectivity index (χ3v) is 6.17. The number of carbonyl (C=O) groups is 2. The van der Waals surface area contributed by atoms with Gasteiger partial charge in [0.2, 0.25) is 0 Å². The molecule has 1 aliphatic heterocycles. The first-order valence-corrected chi connectivity index (χ1v) is 10.7. The van der Waals surface area contributed by atoms with Gasteiger partial charge in [-0.2, -0.15) is 10.2 Å². The van der Waals surface area contributed by atoms with Crippen LogP contribution in [0.3, 0.4) is 0 Å². The van der Waals surface area contributed by atoms with Crippen LogP contribution in [0.4, 0.5) is 17.3 Å². The molecule has 5 rings (SSSR count). The molecule has 2 amide bonds. The summed E-state index contributed by atoms with van der Waals surface area (Å²) in [6.07, 6.45) is 4.73. The minimum absolute atomic E-state index is 0.0820. The molecule has 4 aromatic rings. The first-order chi connectivity index (χ1) is 16.7. The van der Waals surface area contributed by atoms with E-state index in [0.717, 1.165) is 0 Å². The van der Waals surface area contributed by atoms with Crippen LogP contribution in [0.15, 0.2) is 53.4 Å². The molecule has 3 aromatic heterocycles. The van der Waals surface area contributed by atoms with Gasteiger partial charge in [0.05, 0.1) is 36.6 Å². The average molecular weight is 478 g/mol. The Kier molecular flexibility index (Phi) is 5.22. The first-order valence-electron chi connectivity index (χ1n) is 10.7. The Morgan fingerprint density at radius 2 is 2.11 bits per heavy atom. The molecule has 1 aliphatic rings. The van der Waals surface area contributed by atoms with Crippen LogP contribution in [-0.4, -0.2) is 66.4 Å². The van der Waals surface area contributed by atoms with Crippen molar-refractivity contribution in [3.05, 3.63) is 48.9 Å². The molecule has 0 radical (unpaired) electrons. The fraction of sp³-hybridized carbons (Fsp3) is 0.273. The van der Waals surface area contributed by atoms with E-state index in [1.165, 1.54) is 37.2 Å². The second-order valence-corrected chi connectivity index (χ2v) is 8.36. The van der Waals surface area contributed by atoms with E-state index in [2.05, 4.69) is 25.8 Å². The van der Waals surface area contributed by atoms with Gasteiger partial charge in [-0.3, -0.25) is 14.5 Å². The summed E-state index contributed by atoms with van der Waals surface area (Å²) in [4.78, 5) is 28.0. The molecular weight excluding hydrogens is 456 g/mol. The third-order valence-electron chi connectivity index (χ3n) is 6.17. The van der Waals surface area contributed by atoms with Gasteiger partial charge in [-0.15, -0.1) is 5.10 Å². The van der Waals surface area contributed by atoms with Crippen molar-refractivity contribution in [3.8, 4) is 5.69 Å². The largest absolute Gasteiger partial charge is 0.380 e. The van der Waals surface area contributed by atoms with Crippen molar-refractivity contribution in [3.63, 3.8) is 0 Å².